The normalized spacial score (nSPS) is 29.2. The van der Waals surface area contributed by atoms with Gasteiger partial charge >= 0.3 is 0 Å². The second kappa shape index (κ2) is 5.03. The first-order valence-corrected chi connectivity index (χ1v) is 8.63. The van der Waals surface area contributed by atoms with E-state index in [4.69, 9.17) is 9.97 Å². The molecule has 2 aromatic rings. The number of aromatic nitrogens is 4. The average molecular weight is 311 g/mol. The minimum absolute atomic E-state index is 0.0126. The van der Waals surface area contributed by atoms with Crippen LogP contribution in [0.1, 0.15) is 54.7 Å². The SMILES string of the molecule is O[C@@H]1C[C@H](Nc2nc(C3CC3)nc3c2CCC3)[C@H]1n1cccn1. The number of nitrogens with zero attached hydrogens (tertiary/aromatic N) is 4. The largest absolute Gasteiger partial charge is 0.391 e. The Hall–Kier alpha value is -1.95. The van der Waals surface area contributed by atoms with Crippen LogP contribution in [0.25, 0.3) is 0 Å². The molecule has 2 saturated carbocycles. The highest BCUT2D eigenvalue weighted by molar-refractivity contribution is 5.50. The van der Waals surface area contributed by atoms with E-state index in [-0.39, 0.29) is 18.2 Å². The molecular formula is C17H21N5O. The van der Waals surface area contributed by atoms with Crippen molar-refractivity contribution in [2.24, 2.45) is 0 Å². The number of hydrogen-bond donors (Lipinski definition) is 2. The molecule has 0 spiro atoms. The summed E-state index contributed by atoms with van der Waals surface area (Å²) < 4.78 is 1.86. The van der Waals surface area contributed by atoms with Crippen LogP contribution >= 0.6 is 0 Å². The molecule has 0 radical (unpaired) electrons. The first-order valence-electron chi connectivity index (χ1n) is 8.63. The topological polar surface area (TPSA) is 75.9 Å². The predicted molar refractivity (Wildman–Crippen MR) is 85.3 cm³/mol. The summed E-state index contributed by atoms with van der Waals surface area (Å²) in [6.45, 7) is 0. The predicted octanol–water partition coefficient (Wildman–Crippen LogP) is 1.83. The molecule has 2 heterocycles. The number of aryl methyl sites for hydroxylation is 1. The molecule has 3 aliphatic carbocycles. The van der Waals surface area contributed by atoms with Crippen molar-refractivity contribution in [1.82, 2.24) is 19.7 Å². The number of aliphatic hydroxyl groups is 1. The monoisotopic (exact) mass is 311 g/mol. The van der Waals surface area contributed by atoms with Crippen LogP contribution in [0.5, 0.6) is 0 Å². The molecule has 0 bridgehead atoms. The smallest absolute Gasteiger partial charge is 0.134 e. The van der Waals surface area contributed by atoms with Crippen LogP contribution in [0, 0.1) is 0 Å². The number of hydrogen-bond acceptors (Lipinski definition) is 5. The van der Waals surface area contributed by atoms with E-state index >= 15 is 0 Å². The Balaban J connectivity index is 1.44. The lowest BCUT2D eigenvalue weighted by Gasteiger charge is -2.42. The molecule has 3 atom stereocenters. The van der Waals surface area contributed by atoms with E-state index in [0.717, 1.165) is 30.9 Å². The van der Waals surface area contributed by atoms with E-state index < -0.39 is 0 Å². The van der Waals surface area contributed by atoms with Crippen molar-refractivity contribution in [2.75, 3.05) is 5.32 Å². The standard InChI is InChI=1S/C17H21N5O/c23-14-9-13(15(14)22-8-2-7-18-22)20-17-11-3-1-4-12(11)19-16(21-17)10-5-6-10/h2,7-8,10,13-15,23H,1,3-6,9H2,(H,19,20,21)/t13-,14+,15+/m0/s1. The lowest BCUT2D eigenvalue weighted by molar-refractivity contribution is 0.0133. The Morgan fingerprint density at radius 2 is 2.13 bits per heavy atom. The molecule has 5 rings (SSSR count). The van der Waals surface area contributed by atoms with Gasteiger partial charge in [-0.2, -0.15) is 5.10 Å². The van der Waals surface area contributed by atoms with Crippen LogP contribution in [0.3, 0.4) is 0 Å². The molecule has 6 nitrogen and oxygen atoms in total. The summed E-state index contributed by atoms with van der Waals surface area (Å²) in [6, 6.07) is 2.06. The molecule has 3 aliphatic rings. The van der Waals surface area contributed by atoms with Crippen LogP contribution in [-0.4, -0.2) is 37.0 Å². The van der Waals surface area contributed by atoms with Gasteiger partial charge in [-0.3, -0.25) is 4.68 Å². The number of rotatable bonds is 4. The van der Waals surface area contributed by atoms with Crippen molar-refractivity contribution in [3.05, 3.63) is 35.5 Å². The van der Waals surface area contributed by atoms with Gasteiger partial charge in [0.2, 0.25) is 0 Å². The van der Waals surface area contributed by atoms with E-state index in [1.54, 1.807) is 6.20 Å². The number of nitrogens with one attached hydrogen (secondary N) is 1. The van der Waals surface area contributed by atoms with Gasteiger partial charge in [-0.05, 0) is 44.6 Å². The maximum absolute atomic E-state index is 10.1. The third-order valence-electron chi connectivity index (χ3n) is 5.35. The number of fused-ring (bicyclic) bond motifs is 1. The van der Waals surface area contributed by atoms with Crippen molar-refractivity contribution in [3.63, 3.8) is 0 Å². The molecule has 2 fully saturated rings. The van der Waals surface area contributed by atoms with Gasteiger partial charge in [-0.15, -0.1) is 0 Å². The minimum Gasteiger partial charge on any atom is -0.391 e. The van der Waals surface area contributed by atoms with E-state index in [0.29, 0.717) is 5.92 Å². The summed E-state index contributed by atoms with van der Waals surface area (Å²) in [5, 5.41) is 18.0. The first-order chi connectivity index (χ1) is 11.3. The van der Waals surface area contributed by atoms with E-state index in [1.807, 2.05) is 16.9 Å². The van der Waals surface area contributed by atoms with Crippen molar-refractivity contribution >= 4 is 5.82 Å². The highest BCUT2D eigenvalue weighted by Crippen LogP contribution is 2.41. The van der Waals surface area contributed by atoms with Crippen molar-refractivity contribution in [2.45, 2.75) is 62.6 Å². The van der Waals surface area contributed by atoms with Gasteiger partial charge in [0.05, 0.1) is 18.2 Å². The summed E-state index contributed by atoms with van der Waals surface area (Å²) in [7, 11) is 0. The third kappa shape index (κ3) is 2.24. The summed E-state index contributed by atoms with van der Waals surface area (Å²) in [4.78, 5) is 9.63. The van der Waals surface area contributed by atoms with Gasteiger partial charge in [0.15, 0.2) is 0 Å². The minimum atomic E-state index is -0.342. The Morgan fingerprint density at radius 1 is 1.22 bits per heavy atom. The molecule has 120 valence electrons. The van der Waals surface area contributed by atoms with E-state index in [9.17, 15) is 5.11 Å². The van der Waals surface area contributed by atoms with Gasteiger partial charge < -0.3 is 10.4 Å². The Bertz CT molecular complexity index is 725. The zero-order chi connectivity index (χ0) is 15.4. The zero-order valence-corrected chi connectivity index (χ0v) is 13.0. The van der Waals surface area contributed by atoms with Crippen LogP contribution in [0.4, 0.5) is 5.82 Å². The molecule has 2 aromatic heterocycles. The van der Waals surface area contributed by atoms with Gasteiger partial charge in [-0.1, -0.05) is 0 Å². The Morgan fingerprint density at radius 3 is 2.87 bits per heavy atom. The lowest BCUT2D eigenvalue weighted by Crippen LogP contribution is -2.51. The van der Waals surface area contributed by atoms with E-state index in [1.165, 1.54) is 30.5 Å². The Kier molecular flexibility index (Phi) is 2.95. The maximum atomic E-state index is 10.1. The Labute approximate surface area is 135 Å². The lowest BCUT2D eigenvalue weighted by atomic mass is 9.83. The molecule has 23 heavy (non-hydrogen) atoms. The van der Waals surface area contributed by atoms with Crippen LogP contribution in [0.2, 0.25) is 0 Å². The fourth-order valence-corrected chi connectivity index (χ4v) is 3.84. The molecule has 0 aromatic carbocycles. The summed E-state index contributed by atoms with van der Waals surface area (Å²) in [6.07, 6.45) is 9.81. The molecular weight excluding hydrogens is 290 g/mol. The van der Waals surface area contributed by atoms with Crippen molar-refractivity contribution in [1.29, 1.82) is 0 Å². The number of aliphatic hydroxyl groups excluding tert-OH is 1. The molecule has 0 amide bonds. The van der Waals surface area contributed by atoms with E-state index in [2.05, 4.69) is 10.4 Å². The summed E-state index contributed by atoms with van der Waals surface area (Å²) in [5.41, 5.74) is 2.52. The average Bonchev–Trinajstić information content (AvgIpc) is 3.05. The molecule has 0 saturated heterocycles. The second-order valence-electron chi connectivity index (χ2n) is 7.01. The van der Waals surface area contributed by atoms with Crippen LogP contribution in [0.15, 0.2) is 18.5 Å². The van der Waals surface area contributed by atoms with Crippen molar-refractivity contribution < 1.29 is 5.11 Å². The third-order valence-corrected chi connectivity index (χ3v) is 5.35. The van der Waals surface area contributed by atoms with Crippen molar-refractivity contribution in [3.8, 4) is 0 Å². The van der Waals surface area contributed by atoms with Gasteiger partial charge in [0, 0.05) is 29.6 Å². The highest BCUT2D eigenvalue weighted by Gasteiger charge is 2.42. The fraction of sp³-hybridized carbons (Fsp3) is 0.588. The van der Waals surface area contributed by atoms with Gasteiger partial charge in [0.25, 0.3) is 0 Å². The second-order valence-corrected chi connectivity index (χ2v) is 7.01. The summed E-state index contributed by atoms with van der Waals surface area (Å²) in [5.74, 6) is 2.59. The maximum Gasteiger partial charge on any atom is 0.134 e. The molecule has 0 aliphatic heterocycles. The van der Waals surface area contributed by atoms with Gasteiger partial charge in [-0.25, -0.2) is 9.97 Å². The molecule has 0 unspecified atom stereocenters. The molecule has 6 heteroatoms. The fourth-order valence-electron chi connectivity index (χ4n) is 3.84. The highest BCUT2D eigenvalue weighted by atomic mass is 16.3. The first kappa shape index (κ1) is 13.5. The zero-order valence-electron chi connectivity index (χ0n) is 13.0. The molecule has 2 N–H and O–H groups in total. The van der Waals surface area contributed by atoms with Crippen LogP contribution in [-0.2, 0) is 12.8 Å². The quantitative estimate of drug-likeness (QED) is 0.901. The number of anilines is 1. The van der Waals surface area contributed by atoms with Gasteiger partial charge in [0.1, 0.15) is 11.6 Å². The van der Waals surface area contributed by atoms with Crippen LogP contribution < -0.4 is 5.32 Å². The summed E-state index contributed by atoms with van der Waals surface area (Å²) >= 11 is 0.